The number of nitrogens with one attached hydrogen (secondary N) is 1. The van der Waals surface area contributed by atoms with Gasteiger partial charge in [-0.1, -0.05) is 0 Å². The zero-order valence-corrected chi connectivity index (χ0v) is 16.4. The van der Waals surface area contributed by atoms with E-state index in [1.165, 1.54) is 12.2 Å². The molecule has 0 bridgehead atoms. The van der Waals surface area contributed by atoms with E-state index >= 15 is 0 Å². The zero-order chi connectivity index (χ0) is 18.5. The van der Waals surface area contributed by atoms with Crippen molar-refractivity contribution >= 4 is 11.8 Å². The molecule has 1 fully saturated rings. The lowest BCUT2D eigenvalue weighted by Gasteiger charge is -2.33. The maximum Gasteiger partial charge on any atom is 0.227 e. The fourth-order valence-corrected chi connectivity index (χ4v) is 3.62. The van der Waals surface area contributed by atoms with E-state index < -0.39 is 0 Å². The fourth-order valence-electron chi connectivity index (χ4n) is 3.62. The van der Waals surface area contributed by atoms with Crippen molar-refractivity contribution in [2.45, 2.75) is 38.6 Å². The van der Waals surface area contributed by atoms with Gasteiger partial charge in [-0.2, -0.15) is 4.98 Å². The maximum absolute atomic E-state index is 4.69. The van der Waals surface area contributed by atoms with Crippen LogP contribution in [0.1, 0.15) is 36.7 Å². The van der Waals surface area contributed by atoms with E-state index in [2.05, 4.69) is 54.9 Å². The monoisotopic (exact) mass is 357 g/mol. The molecule has 2 aromatic heterocycles. The van der Waals surface area contributed by atoms with Gasteiger partial charge in [0.05, 0.1) is 0 Å². The Morgan fingerprint density at radius 1 is 1.31 bits per heavy atom. The van der Waals surface area contributed by atoms with Gasteiger partial charge in [-0.15, -0.1) is 0 Å². The third-order valence-electron chi connectivity index (χ3n) is 4.92. The summed E-state index contributed by atoms with van der Waals surface area (Å²) in [5.41, 5.74) is 0.992. The number of piperidine rings is 1. The highest BCUT2D eigenvalue weighted by Gasteiger charge is 2.26. The molecule has 0 amide bonds. The van der Waals surface area contributed by atoms with Crippen molar-refractivity contribution in [1.82, 2.24) is 24.4 Å². The number of rotatable bonds is 7. The molecule has 7 nitrogen and oxygen atoms in total. The van der Waals surface area contributed by atoms with E-state index in [-0.39, 0.29) is 0 Å². The van der Waals surface area contributed by atoms with Gasteiger partial charge in [0.25, 0.3) is 0 Å². The molecule has 1 aliphatic rings. The van der Waals surface area contributed by atoms with Crippen molar-refractivity contribution < 1.29 is 0 Å². The molecule has 1 N–H and O–H groups in total. The first kappa shape index (κ1) is 18.6. The van der Waals surface area contributed by atoms with Crippen molar-refractivity contribution in [1.29, 1.82) is 0 Å². The van der Waals surface area contributed by atoms with E-state index in [1.54, 1.807) is 0 Å². The van der Waals surface area contributed by atoms with Crippen LogP contribution in [0.15, 0.2) is 18.5 Å². The Hall–Kier alpha value is -2.15. The molecule has 0 radical (unpaired) electrons. The molecule has 0 aromatic carbocycles. The van der Waals surface area contributed by atoms with Crippen molar-refractivity contribution in [2.75, 3.05) is 51.0 Å². The van der Waals surface area contributed by atoms with Gasteiger partial charge in [-0.05, 0) is 46.8 Å². The number of anilines is 2. The SMILES string of the molecule is CNc1cc(C)nc(N2CCCC(c3nccn3CCCN(C)C)C2)n1. The van der Waals surface area contributed by atoms with E-state index in [4.69, 9.17) is 0 Å². The van der Waals surface area contributed by atoms with Crippen LogP contribution in [0.5, 0.6) is 0 Å². The summed E-state index contributed by atoms with van der Waals surface area (Å²) in [7, 11) is 6.14. The molecule has 3 rings (SSSR count). The molecule has 26 heavy (non-hydrogen) atoms. The van der Waals surface area contributed by atoms with Gasteiger partial charge in [-0.25, -0.2) is 9.97 Å². The Morgan fingerprint density at radius 2 is 2.15 bits per heavy atom. The van der Waals surface area contributed by atoms with Crippen LogP contribution in [0, 0.1) is 6.92 Å². The average molecular weight is 358 g/mol. The van der Waals surface area contributed by atoms with Crippen molar-refractivity contribution in [2.24, 2.45) is 0 Å². The van der Waals surface area contributed by atoms with Crippen molar-refractivity contribution in [3.8, 4) is 0 Å². The van der Waals surface area contributed by atoms with Crippen molar-refractivity contribution in [3.63, 3.8) is 0 Å². The molecule has 0 spiro atoms. The lowest BCUT2D eigenvalue weighted by Crippen LogP contribution is -2.36. The second-order valence-electron chi connectivity index (χ2n) is 7.37. The quantitative estimate of drug-likeness (QED) is 0.821. The predicted molar refractivity (Wildman–Crippen MR) is 106 cm³/mol. The molecule has 7 heteroatoms. The normalized spacial score (nSPS) is 17.7. The molecule has 142 valence electrons. The van der Waals surface area contributed by atoms with E-state index in [1.807, 2.05) is 26.2 Å². The number of aromatic nitrogens is 4. The number of hydrogen-bond donors (Lipinski definition) is 1. The first-order valence-corrected chi connectivity index (χ1v) is 9.51. The second kappa shape index (κ2) is 8.49. The Balaban J connectivity index is 1.71. The Bertz CT molecular complexity index is 710. The summed E-state index contributed by atoms with van der Waals surface area (Å²) in [6, 6.07) is 1.97. The van der Waals surface area contributed by atoms with Gasteiger partial charge >= 0.3 is 0 Å². The Labute approximate surface area is 156 Å². The standard InChI is InChI=1S/C19H31N7/c1-15-13-17(20-2)23-19(22-15)26-10-5-7-16(14-26)18-21-8-12-25(18)11-6-9-24(3)4/h8,12-13,16H,5-7,9-11,14H2,1-4H3,(H,20,22,23). The highest BCUT2D eigenvalue weighted by atomic mass is 15.3. The van der Waals surface area contributed by atoms with Crippen molar-refractivity contribution in [3.05, 3.63) is 30.0 Å². The summed E-state index contributed by atoms with van der Waals surface area (Å²) in [5, 5.41) is 3.13. The van der Waals surface area contributed by atoms with Gasteiger partial charge in [0, 0.05) is 56.8 Å². The largest absolute Gasteiger partial charge is 0.373 e. The summed E-state index contributed by atoms with van der Waals surface area (Å²) in [5.74, 6) is 3.33. The second-order valence-corrected chi connectivity index (χ2v) is 7.37. The third-order valence-corrected chi connectivity index (χ3v) is 4.92. The molecule has 0 saturated carbocycles. The summed E-state index contributed by atoms with van der Waals surface area (Å²) in [6.07, 6.45) is 7.51. The van der Waals surface area contributed by atoms with Crippen LogP contribution in [0.4, 0.5) is 11.8 Å². The summed E-state index contributed by atoms with van der Waals surface area (Å²) < 4.78 is 2.33. The maximum atomic E-state index is 4.69. The smallest absolute Gasteiger partial charge is 0.227 e. The van der Waals surface area contributed by atoms with Crippen LogP contribution in [0.3, 0.4) is 0 Å². The average Bonchev–Trinajstić information content (AvgIpc) is 3.09. The molecule has 1 aliphatic heterocycles. The molecule has 1 unspecified atom stereocenters. The number of imidazole rings is 1. The zero-order valence-electron chi connectivity index (χ0n) is 16.4. The molecule has 2 aromatic rings. The molecular formula is C19H31N7. The summed E-state index contributed by atoms with van der Waals surface area (Å²) in [4.78, 5) is 18.5. The van der Waals surface area contributed by atoms with Gasteiger partial charge in [0.15, 0.2) is 0 Å². The topological polar surface area (TPSA) is 62.1 Å². The first-order valence-electron chi connectivity index (χ1n) is 9.51. The minimum absolute atomic E-state index is 0.431. The van der Waals surface area contributed by atoms with Crippen LogP contribution in [0.2, 0.25) is 0 Å². The number of hydrogen-bond acceptors (Lipinski definition) is 6. The molecule has 1 atom stereocenters. The minimum atomic E-state index is 0.431. The number of nitrogens with zero attached hydrogens (tertiary/aromatic N) is 6. The lowest BCUT2D eigenvalue weighted by atomic mass is 9.97. The fraction of sp³-hybridized carbons (Fsp3) is 0.632. The van der Waals surface area contributed by atoms with E-state index in [9.17, 15) is 0 Å². The first-order chi connectivity index (χ1) is 12.6. The van der Waals surface area contributed by atoms with Crippen LogP contribution >= 0.6 is 0 Å². The van der Waals surface area contributed by atoms with Gasteiger partial charge in [0.2, 0.25) is 5.95 Å². The highest BCUT2D eigenvalue weighted by Crippen LogP contribution is 2.28. The lowest BCUT2D eigenvalue weighted by molar-refractivity contribution is 0.380. The molecule has 0 aliphatic carbocycles. The molecule has 1 saturated heterocycles. The summed E-state index contributed by atoms with van der Waals surface area (Å²) in [6.45, 7) is 6.07. The van der Waals surface area contributed by atoms with E-state index in [0.717, 1.165) is 56.5 Å². The van der Waals surface area contributed by atoms with Gasteiger partial charge in [-0.3, -0.25) is 0 Å². The summed E-state index contributed by atoms with van der Waals surface area (Å²) >= 11 is 0. The van der Waals surface area contributed by atoms with Crippen LogP contribution < -0.4 is 10.2 Å². The number of aryl methyl sites for hydroxylation is 2. The van der Waals surface area contributed by atoms with Crippen LogP contribution in [0.25, 0.3) is 0 Å². The Kier molecular flexibility index (Phi) is 6.08. The molecule has 3 heterocycles. The Morgan fingerprint density at radius 3 is 2.92 bits per heavy atom. The minimum Gasteiger partial charge on any atom is -0.373 e. The van der Waals surface area contributed by atoms with Crippen LogP contribution in [-0.4, -0.2) is 65.2 Å². The van der Waals surface area contributed by atoms with E-state index in [0.29, 0.717) is 5.92 Å². The predicted octanol–water partition coefficient (Wildman–Crippen LogP) is 2.36. The van der Waals surface area contributed by atoms with Crippen LogP contribution in [-0.2, 0) is 6.54 Å². The highest BCUT2D eigenvalue weighted by molar-refractivity contribution is 5.43. The third kappa shape index (κ3) is 4.52. The molecular weight excluding hydrogens is 326 g/mol. The van der Waals surface area contributed by atoms with Gasteiger partial charge in [0.1, 0.15) is 11.6 Å². The van der Waals surface area contributed by atoms with Gasteiger partial charge < -0.3 is 19.7 Å².